The van der Waals surface area contributed by atoms with Gasteiger partial charge in [0.1, 0.15) is 16.6 Å². The van der Waals surface area contributed by atoms with Crippen LogP contribution < -0.4 is 10.2 Å². The summed E-state index contributed by atoms with van der Waals surface area (Å²) in [4.78, 5) is 27.7. The van der Waals surface area contributed by atoms with Gasteiger partial charge in [0.2, 0.25) is 0 Å². The van der Waals surface area contributed by atoms with Crippen molar-refractivity contribution in [2.75, 3.05) is 16.8 Å². The number of aromatic nitrogens is 2. The molecule has 8 heteroatoms. The Hall–Kier alpha value is -2.93. The minimum Gasteiger partial charge on any atom is -0.460 e. The zero-order chi connectivity index (χ0) is 22.6. The molecule has 0 bridgehead atoms. The van der Waals surface area contributed by atoms with Gasteiger partial charge in [-0.25, -0.2) is 4.98 Å². The van der Waals surface area contributed by atoms with Crippen molar-refractivity contribution in [3.8, 4) is 0 Å². The van der Waals surface area contributed by atoms with E-state index in [1.807, 2.05) is 49.9 Å². The van der Waals surface area contributed by atoms with Gasteiger partial charge in [-0.3, -0.25) is 14.8 Å². The maximum Gasteiger partial charge on any atom is 0.308 e. The number of rotatable bonds is 6. The van der Waals surface area contributed by atoms with Crippen LogP contribution in [0.1, 0.15) is 52.3 Å². The molecule has 31 heavy (non-hydrogen) atoms. The van der Waals surface area contributed by atoms with Crippen molar-refractivity contribution in [1.82, 2.24) is 9.97 Å². The average Bonchev–Trinajstić information content (AvgIpc) is 2.70. The van der Waals surface area contributed by atoms with Gasteiger partial charge in [-0.15, -0.1) is 0 Å². The molecule has 1 aliphatic rings. The normalized spacial score (nSPS) is 16.0. The number of halogens is 1. The van der Waals surface area contributed by atoms with Gasteiger partial charge in [0.25, 0.3) is 0 Å². The van der Waals surface area contributed by atoms with E-state index in [2.05, 4.69) is 33.8 Å². The Morgan fingerprint density at radius 1 is 1.32 bits per heavy atom. The Bertz CT molecular complexity index is 985. The molecule has 1 aliphatic heterocycles. The monoisotopic (exact) mass is 441 g/mol. The Morgan fingerprint density at radius 3 is 2.74 bits per heavy atom. The lowest BCUT2D eigenvalue weighted by molar-refractivity contribution is -0.154. The summed E-state index contributed by atoms with van der Waals surface area (Å²) in [7, 11) is 0. The van der Waals surface area contributed by atoms with Crippen molar-refractivity contribution in [1.29, 1.82) is 0 Å². The fourth-order valence-corrected chi connectivity index (χ4v) is 3.51. The number of carbonyl (C=O) groups excluding carboxylic acids is 1. The van der Waals surface area contributed by atoms with Crippen LogP contribution in [0.25, 0.3) is 0 Å². The summed E-state index contributed by atoms with van der Waals surface area (Å²) in [6.07, 6.45) is 2.72. The Kier molecular flexibility index (Phi) is 6.95. The number of carbonyl (C=O) groups is 1. The highest BCUT2D eigenvalue weighted by Crippen LogP contribution is 2.39. The summed E-state index contributed by atoms with van der Waals surface area (Å²) < 4.78 is 5.36. The molecule has 0 fully saturated rings. The summed E-state index contributed by atoms with van der Waals surface area (Å²) in [6.45, 7) is 12.2. The van der Waals surface area contributed by atoms with E-state index in [9.17, 15) is 4.79 Å². The zero-order valence-electron chi connectivity index (χ0n) is 18.4. The van der Waals surface area contributed by atoms with Crippen molar-refractivity contribution in [3.05, 3.63) is 59.7 Å². The number of fused-ring (bicyclic) bond motifs is 1. The number of aliphatic imine (C=N–C) groups is 1. The zero-order valence-corrected chi connectivity index (χ0v) is 19.1. The van der Waals surface area contributed by atoms with Crippen LogP contribution in [0.15, 0.2) is 53.8 Å². The van der Waals surface area contributed by atoms with E-state index in [1.54, 1.807) is 12.3 Å². The molecule has 2 aromatic rings. The first-order valence-electron chi connectivity index (χ1n) is 10.3. The van der Waals surface area contributed by atoms with Gasteiger partial charge in [-0.2, -0.15) is 0 Å². The van der Waals surface area contributed by atoms with Crippen LogP contribution in [-0.2, 0) is 9.53 Å². The summed E-state index contributed by atoms with van der Waals surface area (Å²) in [5, 5.41) is 3.66. The number of nitrogens with one attached hydrogen (secondary N) is 1. The number of nitrogens with zero attached hydrogens (tertiary/aromatic N) is 4. The quantitative estimate of drug-likeness (QED) is 0.492. The summed E-state index contributed by atoms with van der Waals surface area (Å²) in [5.74, 6) is 0.958. The third kappa shape index (κ3) is 5.61. The lowest BCUT2D eigenvalue weighted by Crippen LogP contribution is -2.39. The third-order valence-electron chi connectivity index (χ3n) is 4.62. The standard InChI is InChI=1S/C23H28ClN5O2/c1-6-18(16-9-7-8-13-25-16)29-15(2)21(26-14-12-20(30)31-23(3,4)5)27-17-10-11-19(24)28-22(17)29/h7-11,13,18H,2,6,12,14H2,1,3-5H3,(H,26,27). The molecule has 164 valence electrons. The summed E-state index contributed by atoms with van der Waals surface area (Å²) in [6, 6.07) is 9.30. The topological polar surface area (TPSA) is 79.7 Å². The minimum absolute atomic E-state index is 0.100. The molecule has 0 amide bonds. The number of pyridine rings is 2. The first kappa shape index (κ1) is 22.7. The molecule has 3 rings (SSSR count). The van der Waals surface area contributed by atoms with E-state index >= 15 is 0 Å². The van der Waals surface area contributed by atoms with Gasteiger partial charge >= 0.3 is 5.97 Å². The predicted octanol–water partition coefficient (Wildman–Crippen LogP) is 5.16. The largest absolute Gasteiger partial charge is 0.460 e. The summed E-state index contributed by atoms with van der Waals surface area (Å²) in [5.41, 5.74) is 1.79. The molecular weight excluding hydrogens is 414 g/mol. The molecule has 7 nitrogen and oxygen atoms in total. The second-order valence-corrected chi connectivity index (χ2v) is 8.58. The number of esters is 1. The fourth-order valence-electron chi connectivity index (χ4n) is 3.36. The number of hydrogen-bond donors (Lipinski definition) is 1. The smallest absolute Gasteiger partial charge is 0.308 e. The highest BCUT2D eigenvalue weighted by Gasteiger charge is 2.32. The molecule has 0 saturated heterocycles. The summed E-state index contributed by atoms with van der Waals surface area (Å²) >= 11 is 6.20. The highest BCUT2D eigenvalue weighted by atomic mass is 35.5. The van der Waals surface area contributed by atoms with Crippen LogP contribution >= 0.6 is 11.6 Å². The lowest BCUT2D eigenvalue weighted by atomic mass is 10.1. The van der Waals surface area contributed by atoms with Gasteiger partial charge in [0.15, 0.2) is 5.82 Å². The van der Waals surface area contributed by atoms with E-state index < -0.39 is 5.60 Å². The number of amidine groups is 1. The SMILES string of the molecule is C=C1C(=NCCC(=O)OC(C)(C)C)Nc2ccc(Cl)nc2N1C(CC)c1ccccn1. The molecule has 0 radical (unpaired) electrons. The van der Waals surface area contributed by atoms with E-state index in [0.29, 0.717) is 22.5 Å². The Balaban J connectivity index is 1.90. The second-order valence-electron chi connectivity index (χ2n) is 8.19. The van der Waals surface area contributed by atoms with Gasteiger partial charge in [0.05, 0.1) is 36.1 Å². The second kappa shape index (κ2) is 9.47. The Labute approximate surface area is 188 Å². The number of hydrogen-bond acceptors (Lipinski definition) is 6. The van der Waals surface area contributed by atoms with E-state index in [-0.39, 0.29) is 25.0 Å². The van der Waals surface area contributed by atoms with Crippen molar-refractivity contribution >= 4 is 34.9 Å². The van der Waals surface area contributed by atoms with E-state index in [4.69, 9.17) is 16.3 Å². The maximum atomic E-state index is 12.0. The number of ether oxygens (including phenoxy) is 1. The van der Waals surface area contributed by atoms with Crippen LogP contribution in [0.2, 0.25) is 5.15 Å². The van der Waals surface area contributed by atoms with E-state index in [1.165, 1.54) is 0 Å². The molecular formula is C23H28ClN5O2. The fraction of sp³-hybridized carbons (Fsp3) is 0.391. The predicted molar refractivity (Wildman–Crippen MR) is 125 cm³/mol. The molecule has 1 atom stereocenters. The van der Waals surface area contributed by atoms with Crippen LogP contribution in [0, 0.1) is 0 Å². The molecule has 0 aliphatic carbocycles. The molecule has 3 heterocycles. The molecule has 1 N–H and O–H groups in total. The number of anilines is 2. The first-order valence-corrected chi connectivity index (χ1v) is 10.7. The van der Waals surface area contributed by atoms with Crippen molar-refractivity contribution in [3.63, 3.8) is 0 Å². The minimum atomic E-state index is -0.519. The van der Waals surface area contributed by atoms with Crippen molar-refractivity contribution in [2.45, 2.75) is 52.2 Å². The molecule has 0 spiro atoms. The van der Waals surface area contributed by atoms with Gasteiger partial charge < -0.3 is 15.0 Å². The van der Waals surface area contributed by atoms with Crippen LogP contribution in [0.4, 0.5) is 11.5 Å². The van der Waals surface area contributed by atoms with Crippen LogP contribution in [-0.4, -0.2) is 33.9 Å². The molecule has 1 unspecified atom stereocenters. The molecule has 0 aromatic carbocycles. The van der Waals surface area contributed by atoms with Gasteiger partial charge in [0, 0.05) is 6.20 Å². The lowest BCUT2D eigenvalue weighted by Gasteiger charge is -2.38. The molecule has 2 aromatic heterocycles. The van der Waals surface area contributed by atoms with Crippen molar-refractivity contribution < 1.29 is 9.53 Å². The van der Waals surface area contributed by atoms with Gasteiger partial charge in [-0.1, -0.05) is 31.2 Å². The first-order chi connectivity index (χ1) is 14.7. The highest BCUT2D eigenvalue weighted by molar-refractivity contribution is 6.29. The third-order valence-corrected chi connectivity index (χ3v) is 4.83. The molecule has 0 saturated carbocycles. The van der Waals surface area contributed by atoms with Crippen molar-refractivity contribution in [2.24, 2.45) is 4.99 Å². The van der Waals surface area contributed by atoms with Crippen LogP contribution in [0.5, 0.6) is 0 Å². The van der Waals surface area contributed by atoms with Crippen LogP contribution in [0.3, 0.4) is 0 Å². The van der Waals surface area contributed by atoms with Gasteiger partial charge in [-0.05, 0) is 51.5 Å². The maximum absolute atomic E-state index is 12.0. The van der Waals surface area contributed by atoms with E-state index in [0.717, 1.165) is 17.8 Å². The Morgan fingerprint density at radius 2 is 2.10 bits per heavy atom. The average molecular weight is 442 g/mol.